The van der Waals surface area contributed by atoms with E-state index < -0.39 is 0 Å². The Hall–Kier alpha value is -3.00. The first-order chi connectivity index (χ1) is 13.6. The van der Waals surface area contributed by atoms with Gasteiger partial charge in [-0.25, -0.2) is 4.98 Å². The van der Waals surface area contributed by atoms with E-state index in [1.165, 1.54) is 16.4 Å². The fourth-order valence-electron chi connectivity index (χ4n) is 3.13. The minimum Gasteiger partial charge on any atom is -0.493 e. The van der Waals surface area contributed by atoms with E-state index in [4.69, 9.17) is 14.2 Å². The summed E-state index contributed by atoms with van der Waals surface area (Å²) in [5.41, 5.74) is 1.78. The third-order valence-electron chi connectivity index (χ3n) is 4.51. The van der Waals surface area contributed by atoms with Gasteiger partial charge in [0.15, 0.2) is 22.5 Å². The Labute approximate surface area is 166 Å². The van der Waals surface area contributed by atoms with Crippen molar-refractivity contribution in [2.24, 2.45) is 0 Å². The number of ether oxygens (including phenoxy) is 3. The van der Waals surface area contributed by atoms with E-state index in [0.29, 0.717) is 34.7 Å². The number of fused-ring (bicyclic) bond motifs is 1. The van der Waals surface area contributed by atoms with Gasteiger partial charge in [-0.3, -0.25) is 4.79 Å². The molecule has 0 aliphatic carbocycles. The van der Waals surface area contributed by atoms with Crippen molar-refractivity contribution in [2.45, 2.75) is 16.8 Å². The molecule has 1 atom stereocenters. The number of thioether (sulfide) groups is 1. The lowest BCUT2D eigenvalue weighted by Gasteiger charge is -2.22. The lowest BCUT2D eigenvalue weighted by molar-refractivity contribution is 0.0868. The Kier molecular flexibility index (Phi) is 4.95. The number of aromatic nitrogens is 3. The van der Waals surface area contributed by atoms with E-state index in [0.717, 1.165) is 11.1 Å². The van der Waals surface area contributed by atoms with Crippen LogP contribution in [0.3, 0.4) is 0 Å². The summed E-state index contributed by atoms with van der Waals surface area (Å²) >= 11 is 1.50. The van der Waals surface area contributed by atoms with Crippen LogP contribution in [0.2, 0.25) is 0 Å². The molecule has 4 rings (SSSR count). The van der Waals surface area contributed by atoms with Crippen LogP contribution in [-0.2, 0) is 0 Å². The van der Waals surface area contributed by atoms with Crippen molar-refractivity contribution in [2.75, 3.05) is 21.3 Å². The van der Waals surface area contributed by atoms with Gasteiger partial charge in [0, 0.05) is 17.2 Å². The molecule has 0 radical (unpaired) electrons. The zero-order valence-corrected chi connectivity index (χ0v) is 16.5. The highest BCUT2D eigenvalue weighted by atomic mass is 32.2. The van der Waals surface area contributed by atoms with Crippen LogP contribution in [-0.4, -0.2) is 42.0 Å². The first-order valence-corrected chi connectivity index (χ1v) is 9.54. The van der Waals surface area contributed by atoms with Crippen molar-refractivity contribution in [1.82, 2.24) is 14.8 Å². The normalized spacial score (nSPS) is 15.8. The highest BCUT2D eigenvalue weighted by Gasteiger charge is 2.31. The van der Waals surface area contributed by atoms with E-state index in [2.05, 4.69) is 10.1 Å². The first-order valence-electron chi connectivity index (χ1n) is 8.66. The van der Waals surface area contributed by atoms with Gasteiger partial charge >= 0.3 is 0 Å². The third-order valence-corrected chi connectivity index (χ3v) is 5.71. The van der Waals surface area contributed by atoms with E-state index in [9.17, 15) is 4.79 Å². The predicted molar refractivity (Wildman–Crippen MR) is 105 cm³/mol. The zero-order valence-electron chi connectivity index (χ0n) is 15.7. The van der Waals surface area contributed by atoms with Crippen LogP contribution in [0.4, 0.5) is 0 Å². The SMILES string of the molecule is COc1cc([C@H]2CC(=O)n3nc(-c4ccccc4)nc3S2)cc(OC)c1OC. The highest BCUT2D eigenvalue weighted by Crippen LogP contribution is 2.46. The maximum absolute atomic E-state index is 12.7. The zero-order chi connectivity index (χ0) is 19.7. The smallest absolute Gasteiger partial charge is 0.250 e. The summed E-state index contributed by atoms with van der Waals surface area (Å²) in [4.78, 5) is 17.3. The summed E-state index contributed by atoms with van der Waals surface area (Å²) in [7, 11) is 4.71. The molecule has 144 valence electrons. The fourth-order valence-corrected chi connectivity index (χ4v) is 4.27. The summed E-state index contributed by atoms with van der Waals surface area (Å²) in [5.74, 6) is 2.09. The van der Waals surface area contributed by atoms with Crippen LogP contribution in [0, 0.1) is 0 Å². The minimum absolute atomic E-state index is 0.0952. The van der Waals surface area contributed by atoms with E-state index >= 15 is 0 Å². The number of carbonyl (C=O) groups excluding carboxylic acids is 1. The lowest BCUT2D eigenvalue weighted by Crippen LogP contribution is -2.21. The van der Waals surface area contributed by atoms with Gasteiger partial charge < -0.3 is 14.2 Å². The van der Waals surface area contributed by atoms with Gasteiger partial charge in [-0.1, -0.05) is 42.1 Å². The molecular formula is C20H19N3O4S. The molecule has 0 fully saturated rings. The van der Waals surface area contributed by atoms with Crippen molar-refractivity contribution >= 4 is 17.7 Å². The second kappa shape index (κ2) is 7.55. The summed E-state index contributed by atoms with van der Waals surface area (Å²) in [6.45, 7) is 0. The van der Waals surface area contributed by atoms with Gasteiger partial charge in [0.25, 0.3) is 5.91 Å². The summed E-state index contributed by atoms with van der Waals surface area (Å²) in [5, 5.41) is 4.84. The summed E-state index contributed by atoms with van der Waals surface area (Å²) in [6.07, 6.45) is 0.299. The Morgan fingerprint density at radius 1 is 1.04 bits per heavy atom. The van der Waals surface area contributed by atoms with E-state index in [-0.39, 0.29) is 11.2 Å². The molecule has 8 heteroatoms. The standard InChI is InChI=1S/C20H19N3O4S/c1-25-14-9-13(10-15(26-2)18(14)27-3)16-11-17(24)23-20(28-16)21-19(22-23)12-7-5-4-6-8-12/h4-10,16H,11H2,1-3H3/t16-/m1/s1. The Morgan fingerprint density at radius 3 is 2.32 bits per heavy atom. The monoisotopic (exact) mass is 397 g/mol. The fraction of sp³-hybridized carbons (Fsp3) is 0.250. The number of methoxy groups -OCH3 is 3. The molecule has 1 aliphatic rings. The molecule has 3 aromatic rings. The van der Waals surface area contributed by atoms with Crippen molar-refractivity contribution in [1.29, 1.82) is 0 Å². The van der Waals surface area contributed by atoms with Gasteiger partial charge in [0.1, 0.15) is 0 Å². The maximum atomic E-state index is 12.7. The average Bonchev–Trinajstić information content (AvgIpc) is 3.18. The summed E-state index contributed by atoms with van der Waals surface area (Å²) in [6, 6.07) is 13.4. The molecule has 7 nitrogen and oxygen atoms in total. The molecule has 2 aromatic carbocycles. The predicted octanol–water partition coefficient (Wildman–Crippen LogP) is 3.85. The van der Waals surface area contributed by atoms with Crippen LogP contribution >= 0.6 is 11.8 Å². The quantitative estimate of drug-likeness (QED) is 0.647. The van der Waals surface area contributed by atoms with Gasteiger partial charge in [-0.05, 0) is 17.7 Å². The molecule has 0 amide bonds. The molecule has 0 N–H and O–H groups in total. The van der Waals surface area contributed by atoms with Crippen molar-refractivity contribution in [3.8, 4) is 28.6 Å². The number of hydrogen-bond donors (Lipinski definition) is 0. The average molecular weight is 397 g/mol. The number of benzene rings is 2. The Balaban J connectivity index is 1.70. The lowest BCUT2D eigenvalue weighted by atomic mass is 10.1. The molecule has 0 bridgehead atoms. The van der Waals surface area contributed by atoms with Crippen LogP contribution in [0.25, 0.3) is 11.4 Å². The van der Waals surface area contributed by atoms with Gasteiger partial charge in [0.05, 0.1) is 21.3 Å². The minimum atomic E-state index is -0.124. The van der Waals surface area contributed by atoms with Crippen LogP contribution in [0.1, 0.15) is 22.0 Å². The van der Waals surface area contributed by atoms with Crippen molar-refractivity contribution < 1.29 is 19.0 Å². The third kappa shape index (κ3) is 3.20. The molecule has 1 aliphatic heterocycles. The van der Waals surface area contributed by atoms with Gasteiger partial charge in [0.2, 0.25) is 5.75 Å². The molecule has 0 saturated carbocycles. The van der Waals surface area contributed by atoms with E-state index in [1.54, 1.807) is 21.3 Å². The topological polar surface area (TPSA) is 75.5 Å². The highest BCUT2D eigenvalue weighted by molar-refractivity contribution is 7.99. The number of carbonyl (C=O) groups is 1. The first kappa shape index (κ1) is 18.4. The maximum Gasteiger partial charge on any atom is 0.250 e. The summed E-state index contributed by atoms with van der Waals surface area (Å²) < 4.78 is 17.6. The second-order valence-corrected chi connectivity index (χ2v) is 7.33. The molecular weight excluding hydrogens is 378 g/mol. The van der Waals surface area contributed by atoms with Crippen LogP contribution in [0.15, 0.2) is 47.6 Å². The van der Waals surface area contributed by atoms with Crippen LogP contribution in [0.5, 0.6) is 17.2 Å². The second-order valence-electron chi connectivity index (χ2n) is 6.16. The van der Waals surface area contributed by atoms with Crippen molar-refractivity contribution in [3.05, 3.63) is 48.0 Å². The molecule has 1 aromatic heterocycles. The number of rotatable bonds is 5. The Morgan fingerprint density at radius 2 is 1.71 bits per heavy atom. The molecule has 0 spiro atoms. The molecule has 0 saturated heterocycles. The van der Waals surface area contributed by atoms with E-state index in [1.807, 2.05) is 42.5 Å². The van der Waals surface area contributed by atoms with Crippen molar-refractivity contribution in [3.63, 3.8) is 0 Å². The Bertz CT molecular complexity index is 995. The number of hydrogen-bond acceptors (Lipinski definition) is 7. The number of nitrogens with zero attached hydrogens (tertiary/aromatic N) is 3. The molecule has 28 heavy (non-hydrogen) atoms. The van der Waals surface area contributed by atoms with Gasteiger partial charge in [-0.15, -0.1) is 5.10 Å². The molecule has 2 heterocycles. The van der Waals surface area contributed by atoms with Crippen LogP contribution < -0.4 is 14.2 Å². The largest absolute Gasteiger partial charge is 0.493 e. The molecule has 0 unspecified atom stereocenters. The van der Waals surface area contributed by atoms with Gasteiger partial charge in [-0.2, -0.15) is 4.68 Å².